The second-order valence-corrected chi connectivity index (χ2v) is 6.25. The van der Waals surface area contributed by atoms with Crippen molar-refractivity contribution in [3.05, 3.63) is 28.8 Å². The molecule has 0 aliphatic rings. The van der Waals surface area contributed by atoms with E-state index in [1.165, 1.54) is 0 Å². The van der Waals surface area contributed by atoms with E-state index in [1.807, 2.05) is 26.8 Å². The molecule has 0 aliphatic heterocycles. The molecule has 2 N–H and O–H groups in total. The fourth-order valence-electron chi connectivity index (χ4n) is 1.82. The highest BCUT2D eigenvalue weighted by Crippen LogP contribution is 2.22. The average Bonchev–Trinajstić information content (AvgIpc) is 2.36. The summed E-state index contributed by atoms with van der Waals surface area (Å²) in [5.74, 6) is 0.607. The maximum absolute atomic E-state index is 12.0. The van der Waals surface area contributed by atoms with Crippen molar-refractivity contribution in [3.8, 4) is 5.75 Å². The van der Waals surface area contributed by atoms with Gasteiger partial charge in [-0.3, -0.25) is 4.79 Å². The van der Waals surface area contributed by atoms with E-state index in [4.69, 9.17) is 22.1 Å². The molecule has 1 aromatic carbocycles. The van der Waals surface area contributed by atoms with Crippen LogP contribution in [0.15, 0.2) is 18.2 Å². The standard InChI is InChI=1S/C15H23ClN2O2.ClH/c1-11-7-12(16)5-6-13(11)20-8-14(19)18(4)10-15(2,3)9-17;/h5-7H,8-10,17H2,1-4H3;1H. The van der Waals surface area contributed by atoms with E-state index in [1.54, 1.807) is 24.1 Å². The minimum Gasteiger partial charge on any atom is -0.483 e. The number of nitrogens with two attached hydrogens (primary N) is 1. The molecule has 0 spiro atoms. The monoisotopic (exact) mass is 334 g/mol. The van der Waals surface area contributed by atoms with Gasteiger partial charge in [-0.15, -0.1) is 12.4 Å². The Kier molecular flexibility index (Phi) is 8.08. The molecule has 0 atom stereocenters. The van der Waals surface area contributed by atoms with Gasteiger partial charge in [-0.1, -0.05) is 25.4 Å². The first-order valence-corrected chi connectivity index (χ1v) is 6.96. The van der Waals surface area contributed by atoms with Gasteiger partial charge in [0.1, 0.15) is 5.75 Å². The van der Waals surface area contributed by atoms with Crippen LogP contribution in [-0.4, -0.2) is 37.6 Å². The normalized spacial score (nSPS) is 10.8. The van der Waals surface area contributed by atoms with Gasteiger partial charge in [-0.25, -0.2) is 0 Å². The zero-order chi connectivity index (χ0) is 15.3. The molecule has 0 aromatic heterocycles. The predicted molar refractivity (Wildman–Crippen MR) is 89.4 cm³/mol. The van der Waals surface area contributed by atoms with E-state index in [2.05, 4.69) is 0 Å². The summed E-state index contributed by atoms with van der Waals surface area (Å²) in [5.41, 5.74) is 6.49. The van der Waals surface area contributed by atoms with Crippen molar-refractivity contribution in [1.82, 2.24) is 4.90 Å². The largest absolute Gasteiger partial charge is 0.483 e. The SMILES string of the molecule is Cc1cc(Cl)ccc1OCC(=O)N(C)CC(C)(C)CN.Cl. The van der Waals surface area contributed by atoms with E-state index < -0.39 is 0 Å². The van der Waals surface area contributed by atoms with Crippen molar-refractivity contribution in [1.29, 1.82) is 0 Å². The van der Waals surface area contributed by atoms with Gasteiger partial charge < -0.3 is 15.4 Å². The van der Waals surface area contributed by atoms with Gasteiger partial charge in [-0.2, -0.15) is 0 Å². The van der Waals surface area contributed by atoms with E-state index in [9.17, 15) is 4.79 Å². The first-order valence-electron chi connectivity index (χ1n) is 6.58. The average molecular weight is 335 g/mol. The number of halogens is 2. The first-order chi connectivity index (χ1) is 9.25. The number of likely N-dealkylation sites (N-methyl/N-ethyl adjacent to an activating group) is 1. The molecule has 21 heavy (non-hydrogen) atoms. The fourth-order valence-corrected chi connectivity index (χ4v) is 2.05. The van der Waals surface area contributed by atoms with Crippen molar-refractivity contribution in [2.24, 2.45) is 11.1 Å². The zero-order valence-corrected chi connectivity index (χ0v) is 14.6. The van der Waals surface area contributed by atoms with Crippen molar-refractivity contribution >= 4 is 29.9 Å². The maximum Gasteiger partial charge on any atom is 0.260 e. The topological polar surface area (TPSA) is 55.6 Å². The van der Waals surface area contributed by atoms with Gasteiger partial charge in [0.15, 0.2) is 6.61 Å². The Balaban J connectivity index is 0.00000400. The Morgan fingerprint density at radius 3 is 2.57 bits per heavy atom. The maximum atomic E-state index is 12.0. The summed E-state index contributed by atoms with van der Waals surface area (Å²) in [5, 5.41) is 0.656. The molecule has 0 fully saturated rings. The van der Waals surface area contributed by atoms with Crippen molar-refractivity contribution < 1.29 is 9.53 Å². The van der Waals surface area contributed by atoms with Crippen LogP contribution in [-0.2, 0) is 4.79 Å². The Bertz CT molecular complexity index is 479. The molecule has 0 radical (unpaired) electrons. The molecule has 0 saturated heterocycles. The third-order valence-corrected chi connectivity index (χ3v) is 3.37. The van der Waals surface area contributed by atoms with E-state index in [0.717, 1.165) is 5.56 Å². The third-order valence-electron chi connectivity index (χ3n) is 3.13. The first kappa shape index (κ1) is 20.0. The molecule has 0 saturated carbocycles. The number of hydrogen-bond acceptors (Lipinski definition) is 3. The smallest absolute Gasteiger partial charge is 0.260 e. The molecule has 120 valence electrons. The van der Waals surface area contributed by atoms with Crippen LogP contribution in [0.5, 0.6) is 5.75 Å². The molecule has 0 aliphatic carbocycles. The van der Waals surface area contributed by atoms with Crippen LogP contribution in [0, 0.1) is 12.3 Å². The highest BCUT2D eigenvalue weighted by atomic mass is 35.5. The minimum atomic E-state index is -0.0966. The summed E-state index contributed by atoms with van der Waals surface area (Å²) >= 11 is 5.88. The van der Waals surface area contributed by atoms with Crippen molar-refractivity contribution in [2.75, 3.05) is 26.7 Å². The summed E-state index contributed by atoms with van der Waals surface area (Å²) in [6.45, 7) is 7.10. The molecule has 1 aromatic rings. The number of nitrogens with zero attached hydrogens (tertiary/aromatic N) is 1. The zero-order valence-electron chi connectivity index (χ0n) is 13.0. The van der Waals surface area contributed by atoms with Crippen molar-refractivity contribution in [3.63, 3.8) is 0 Å². The summed E-state index contributed by atoms with van der Waals surface area (Å²) in [4.78, 5) is 13.7. The van der Waals surface area contributed by atoms with Crippen molar-refractivity contribution in [2.45, 2.75) is 20.8 Å². The van der Waals surface area contributed by atoms with Crippen LogP contribution in [0.25, 0.3) is 0 Å². The number of carbonyl (C=O) groups excluding carboxylic acids is 1. The highest BCUT2D eigenvalue weighted by molar-refractivity contribution is 6.30. The third kappa shape index (κ3) is 6.55. The Labute approximate surface area is 138 Å². The van der Waals surface area contributed by atoms with Crippen LogP contribution in [0.4, 0.5) is 0 Å². The van der Waals surface area contributed by atoms with Gasteiger partial charge in [0.05, 0.1) is 0 Å². The van der Waals surface area contributed by atoms with Gasteiger partial charge in [0.2, 0.25) is 0 Å². The lowest BCUT2D eigenvalue weighted by Crippen LogP contribution is -2.41. The number of benzene rings is 1. The number of rotatable bonds is 6. The number of hydrogen-bond donors (Lipinski definition) is 1. The number of ether oxygens (including phenoxy) is 1. The molecule has 1 rings (SSSR count). The van der Waals surface area contributed by atoms with Crippen LogP contribution in [0.2, 0.25) is 5.02 Å². The van der Waals surface area contributed by atoms with Gasteiger partial charge in [-0.05, 0) is 42.6 Å². The molecule has 6 heteroatoms. The summed E-state index contributed by atoms with van der Waals surface area (Å²) in [6, 6.07) is 5.33. The predicted octanol–water partition coefficient (Wildman–Crippen LogP) is 2.89. The van der Waals surface area contributed by atoms with Crippen LogP contribution >= 0.6 is 24.0 Å². The molecule has 0 bridgehead atoms. The van der Waals surface area contributed by atoms with Crippen LogP contribution < -0.4 is 10.5 Å². The van der Waals surface area contributed by atoms with E-state index in [0.29, 0.717) is 23.9 Å². The van der Waals surface area contributed by atoms with Gasteiger partial charge in [0, 0.05) is 18.6 Å². The van der Waals surface area contributed by atoms with E-state index >= 15 is 0 Å². The van der Waals surface area contributed by atoms with Crippen LogP contribution in [0.1, 0.15) is 19.4 Å². The van der Waals surface area contributed by atoms with Gasteiger partial charge >= 0.3 is 0 Å². The Morgan fingerprint density at radius 2 is 2.05 bits per heavy atom. The minimum absolute atomic E-state index is 0. The quantitative estimate of drug-likeness (QED) is 0.870. The highest BCUT2D eigenvalue weighted by Gasteiger charge is 2.21. The molecular weight excluding hydrogens is 311 g/mol. The number of carbonyl (C=O) groups is 1. The second kappa shape index (κ2) is 8.47. The molecule has 0 unspecified atom stereocenters. The number of aryl methyl sites for hydroxylation is 1. The molecular formula is C15H24Cl2N2O2. The van der Waals surface area contributed by atoms with Crippen LogP contribution in [0.3, 0.4) is 0 Å². The summed E-state index contributed by atoms with van der Waals surface area (Å²) < 4.78 is 5.54. The fraction of sp³-hybridized carbons (Fsp3) is 0.533. The van der Waals surface area contributed by atoms with E-state index in [-0.39, 0.29) is 30.3 Å². The molecule has 1 amide bonds. The Hall–Kier alpha value is -0.970. The Morgan fingerprint density at radius 1 is 1.43 bits per heavy atom. The molecule has 0 heterocycles. The summed E-state index contributed by atoms with van der Waals surface area (Å²) in [7, 11) is 1.76. The summed E-state index contributed by atoms with van der Waals surface area (Å²) in [6.07, 6.45) is 0. The lowest BCUT2D eigenvalue weighted by molar-refractivity contribution is -0.133. The number of amides is 1. The lowest BCUT2D eigenvalue weighted by Gasteiger charge is -2.29. The second-order valence-electron chi connectivity index (χ2n) is 5.82. The van der Waals surface area contributed by atoms with Gasteiger partial charge in [0.25, 0.3) is 5.91 Å². The molecule has 4 nitrogen and oxygen atoms in total. The lowest BCUT2D eigenvalue weighted by atomic mass is 9.93.